The fourth-order valence-corrected chi connectivity index (χ4v) is 5.11. The van der Waals surface area contributed by atoms with Crippen LogP contribution in [-0.2, 0) is 16.0 Å². The fraction of sp³-hybridized carbons (Fsp3) is 0.478. The maximum absolute atomic E-state index is 13.5. The highest BCUT2D eigenvalue weighted by atomic mass is 32.1. The van der Waals surface area contributed by atoms with E-state index < -0.39 is 0 Å². The zero-order chi connectivity index (χ0) is 20.7. The van der Waals surface area contributed by atoms with Gasteiger partial charge in [0.05, 0.1) is 6.04 Å². The van der Waals surface area contributed by atoms with Crippen molar-refractivity contribution in [3.8, 4) is 5.75 Å². The van der Waals surface area contributed by atoms with Gasteiger partial charge in [0.2, 0.25) is 11.8 Å². The maximum atomic E-state index is 13.5. The summed E-state index contributed by atoms with van der Waals surface area (Å²) in [5, 5.41) is 2.04. The van der Waals surface area contributed by atoms with E-state index in [1.807, 2.05) is 21.2 Å². The molecule has 2 saturated carbocycles. The van der Waals surface area contributed by atoms with E-state index in [2.05, 4.69) is 0 Å². The van der Waals surface area contributed by atoms with Crippen molar-refractivity contribution in [2.75, 3.05) is 19.7 Å². The van der Waals surface area contributed by atoms with Crippen molar-refractivity contribution in [2.24, 2.45) is 5.92 Å². The van der Waals surface area contributed by atoms with Gasteiger partial charge in [-0.3, -0.25) is 9.59 Å². The van der Waals surface area contributed by atoms with Crippen molar-refractivity contribution in [2.45, 2.75) is 44.2 Å². The summed E-state index contributed by atoms with van der Waals surface area (Å²) >= 11 is 1.69. The van der Waals surface area contributed by atoms with Crippen LogP contribution in [0.1, 0.15) is 42.2 Å². The Morgan fingerprint density at radius 1 is 1.20 bits per heavy atom. The lowest BCUT2D eigenvalue weighted by molar-refractivity contribution is -0.143. The summed E-state index contributed by atoms with van der Waals surface area (Å²) in [7, 11) is 0. The molecule has 0 bridgehead atoms. The highest BCUT2D eigenvalue weighted by Gasteiger charge is 2.42. The normalized spacial score (nSPS) is 20.6. The summed E-state index contributed by atoms with van der Waals surface area (Å²) in [4.78, 5) is 30.9. The van der Waals surface area contributed by atoms with E-state index >= 15 is 0 Å². The zero-order valence-electron chi connectivity index (χ0n) is 16.8. The molecule has 2 heterocycles. The first-order valence-corrected chi connectivity index (χ1v) is 11.5. The molecule has 1 aliphatic heterocycles. The van der Waals surface area contributed by atoms with Crippen LogP contribution in [0.15, 0.2) is 35.7 Å². The number of benzene rings is 1. The quantitative estimate of drug-likeness (QED) is 0.674. The van der Waals surface area contributed by atoms with Crippen LogP contribution < -0.4 is 4.74 Å². The molecule has 2 aliphatic carbocycles. The van der Waals surface area contributed by atoms with E-state index in [0.717, 1.165) is 37.7 Å². The molecule has 1 unspecified atom stereocenters. The fourth-order valence-electron chi connectivity index (χ4n) is 4.18. The maximum Gasteiger partial charge on any atom is 0.242 e. The topological polar surface area (TPSA) is 49.9 Å². The first-order chi connectivity index (χ1) is 14.6. The largest absolute Gasteiger partial charge is 0.491 e. The van der Waals surface area contributed by atoms with Crippen molar-refractivity contribution in [1.82, 2.24) is 9.80 Å². The average Bonchev–Trinajstić information content (AvgIpc) is 3.67. The first-order valence-electron chi connectivity index (χ1n) is 10.6. The van der Waals surface area contributed by atoms with Gasteiger partial charge in [-0.2, -0.15) is 0 Å². The van der Waals surface area contributed by atoms with Crippen molar-refractivity contribution in [1.29, 1.82) is 0 Å². The summed E-state index contributed by atoms with van der Waals surface area (Å²) < 4.78 is 19.4. The van der Waals surface area contributed by atoms with E-state index in [1.54, 1.807) is 23.5 Å². The minimum absolute atomic E-state index is 0.0272. The van der Waals surface area contributed by atoms with Crippen LogP contribution in [0.25, 0.3) is 0 Å². The van der Waals surface area contributed by atoms with Gasteiger partial charge < -0.3 is 14.5 Å². The van der Waals surface area contributed by atoms with Crippen molar-refractivity contribution in [3.63, 3.8) is 0 Å². The summed E-state index contributed by atoms with van der Waals surface area (Å²) in [6.07, 6.45) is 4.69. The molecule has 0 spiro atoms. The van der Waals surface area contributed by atoms with E-state index in [0.29, 0.717) is 12.3 Å². The molecular formula is C23H25FN2O3S. The number of amides is 2. The molecule has 0 saturated heterocycles. The van der Waals surface area contributed by atoms with Crippen LogP contribution >= 0.6 is 11.3 Å². The minimum atomic E-state index is -0.348. The summed E-state index contributed by atoms with van der Waals surface area (Å²) in [6.45, 7) is 1.02. The van der Waals surface area contributed by atoms with Crippen LogP contribution in [0.2, 0.25) is 0 Å². The molecule has 2 fully saturated rings. The number of carbonyl (C=O) groups excluding carboxylic acids is 2. The number of nitrogens with zero attached hydrogens (tertiary/aromatic N) is 2. The van der Waals surface area contributed by atoms with Crippen LogP contribution in [-0.4, -0.2) is 47.4 Å². The molecular weight excluding hydrogens is 403 g/mol. The number of rotatable bonds is 7. The summed E-state index contributed by atoms with van der Waals surface area (Å²) in [6, 6.07) is 8.11. The zero-order valence-corrected chi connectivity index (χ0v) is 17.6. The molecule has 2 amide bonds. The average molecular weight is 429 g/mol. The summed E-state index contributed by atoms with van der Waals surface area (Å²) in [5.74, 6) is 0.342. The van der Waals surface area contributed by atoms with Gasteiger partial charge in [-0.25, -0.2) is 4.39 Å². The monoisotopic (exact) mass is 428 g/mol. The molecule has 1 atom stereocenters. The highest BCUT2D eigenvalue weighted by molar-refractivity contribution is 7.10. The van der Waals surface area contributed by atoms with E-state index in [-0.39, 0.29) is 48.8 Å². The van der Waals surface area contributed by atoms with Crippen LogP contribution in [0.4, 0.5) is 4.39 Å². The lowest BCUT2D eigenvalue weighted by atomic mass is 10.0. The first kappa shape index (κ1) is 19.5. The third kappa shape index (κ3) is 4.08. The third-order valence-electron chi connectivity index (χ3n) is 6.12. The van der Waals surface area contributed by atoms with Gasteiger partial charge in [0, 0.05) is 29.4 Å². The lowest BCUT2D eigenvalue weighted by Crippen LogP contribution is -2.48. The predicted octanol–water partition coefficient (Wildman–Crippen LogP) is 3.79. The Bertz CT molecular complexity index is 953. The number of hydrogen-bond acceptors (Lipinski definition) is 4. The second-order valence-corrected chi connectivity index (χ2v) is 9.39. The van der Waals surface area contributed by atoms with E-state index in [9.17, 15) is 14.0 Å². The molecule has 3 aliphatic rings. The Kier molecular flexibility index (Phi) is 5.23. The molecule has 30 heavy (non-hydrogen) atoms. The molecule has 7 heteroatoms. The van der Waals surface area contributed by atoms with Gasteiger partial charge >= 0.3 is 0 Å². The minimum Gasteiger partial charge on any atom is -0.491 e. The molecule has 2 aromatic rings. The van der Waals surface area contributed by atoms with Gasteiger partial charge in [0.25, 0.3) is 0 Å². The molecule has 5 nitrogen and oxygen atoms in total. The second-order valence-electron chi connectivity index (χ2n) is 8.39. The number of hydrogen-bond donors (Lipinski definition) is 0. The van der Waals surface area contributed by atoms with E-state index in [4.69, 9.17) is 4.74 Å². The SMILES string of the molecule is O=C(C1CC1)N(CC(=O)N1CCc2sccc2C1COc1cccc(F)c1)C1CC1. The number of ether oxygens (including phenoxy) is 1. The number of fused-ring (bicyclic) bond motifs is 1. The standard InChI is InChI=1S/C23H25FN2O3S/c24-16-2-1-3-18(12-16)29-14-20-19-9-11-30-21(19)8-10-25(20)22(27)13-26(17-6-7-17)23(28)15-4-5-15/h1-3,9,11-12,15,17,20H,4-8,10,13-14H2. The molecule has 1 aromatic heterocycles. The van der Waals surface area contributed by atoms with Crippen LogP contribution in [0.5, 0.6) is 5.75 Å². The highest BCUT2D eigenvalue weighted by Crippen LogP contribution is 2.37. The van der Waals surface area contributed by atoms with Gasteiger partial charge in [-0.15, -0.1) is 11.3 Å². The smallest absolute Gasteiger partial charge is 0.242 e. The van der Waals surface area contributed by atoms with Crippen LogP contribution in [0.3, 0.4) is 0 Å². The molecule has 0 radical (unpaired) electrons. The Morgan fingerprint density at radius 2 is 2.03 bits per heavy atom. The molecule has 0 N–H and O–H groups in total. The molecule has 1 aromatic carbocycles. The van der Waals surface area contributed by atoms with Gasteiger partial charge in [0.1, 0.15) is 24.7 Å². The number of thiophene rings is 1. The lowest BCUT2D eigenvalue weighted by Gasteiger charge is -2.37. The molecule has 158 valence electrons. The van der Waals surface area contributed by atoms with Crippen molar-refractivity contribution < 1.29 is 18.7 Å². The Morgan fingerprint density at radius 3 is 2.77 bits per heavy atom. The van der Waals surface area contributed by atoms with Gasteiger partial charge in [0.15, 0.2) is 0 Å². The van der Waals surface area contributed by atoms with Crippen LogP contribution in [0, 0.1) is 11.7 Å². The second kappa shape index (κ2) is 8.02. The number of carbonyl (C=O) groups is 2. The third-order valence-corrected chi connectivity index (χ3v) is 7.12. The predicted molar refractivity (Wildman–Crippen MR) is 112 cm³/mol. The van der Waals surface area contributed by atoms with Gasteiger partial charge in [-0.05, 0) is 61.2 Å². The van der Waals surface area contributed by atoms with Crippen molar-refractivity contribution in [3.05, 3.63) is 52.0 Å². The van der Waals surface area contributed by atoms with E-state index in [1.165, 1.54) is 17.0 Å². The molecule has 5 rings (SSSR count). The van der Waals surface area contributed by atoms with Gasteiger partial charge in [-0.1, -0.05) is 6.07 Å². The Balaban J connectivity index is 1.32. The Hall–Kier alpha value is -2.41. The Labute approximate surface area is 179 Å². The van der Waals surface area contributed by atoms with Crippen molar-refractivity contribution >= 4 is 23.2 Å². The summed E-state index contributed by atoms with van der Waals surface area (Å²) in [5.41, 5.74) is 1.10. The number of halogens is 1.